The van der Waals surface area contributed by atoms with E-state index in [2.05, 4.69) is 4.99 Å². The summed E-state index contributed by atoms with van der Waals surface area (Å²) in [6.07, 6.45) is 3.14. The molecule has 0 radical (unpaired) electrons. The van der Waals surface area contributed by atoms with Crippen LogP contribution in [0.5, 0.6) is 0 Å². The van der Waals surface area contributed by atoms with Crippen LogP contribution in [-0.2, 0) is 0 Å². The second-order valence-electron chi connectivity index (χ2n) is 0.877. The lowest BCUT2D eigenvalue weighted by molar-refractivity contribution is 0.978. The first-order valence-corrected chi connectivity index (χ1v) is 3.48. The molecule has 0 N–H and O–H groups in total. The molecule has 1 heterocycles. The molecule has 0 aromatic heterocycles. The Morgan fingerprint density at radius 3 is 1.25 bits per heavy atom. The maximum Gasteiger partial charge on any atom is 0.0434 e. The molecule has 0 saturated heterocycles. The van der Waals surface area contributed by atoms with Crippen molar-refractivity contribution >= 4 is 6.21 Å². The van der Waals surface area contributed by atoms with E-state index in [0.717, 1.165) is 6.54 Å². The third-order valence-corrected chi connectivity index (χ3v) is 0.516. The van der Waals surface area contributed by atoms with Gasteiger partial charge in [0.25, 0.3) is 0 Å². The summed E-state index contributed by atoms with van der Waals surface area (Å²) in [5.74, 6) is 0. The van der Waals surface area contributed by atoms with E-state index in [-0.39, 0.29) is 0 Å². The van der Waals surface area contributed by atoms with E-state index in [1.165, 1.54) is 6.42 Å². The summed E-state index contributed by atoms with van der Waals surface area (Å²) >= 11 is 0. The van der Waals surface area contributed by atoms with Gasteiger partial charge in [-0.1, -0.05) is 27.7 Å². The Morgan fingerprint density at radius 1 is 1.12 bits per heavy atom. The molecule has 1 heteroatoms. The Bertz CT molecular complexity index is 33.7. The van der Waals surface area contributed by atoms with Crippen LogP contribution in [0, 0.1) is 0 Å². The van der Waals surface area contributed by atoms with Crippen LogP contribution < -0.4 is 0 Å². The van der Waals surface area contributed by atoms with Crippen molar-refractivity contribution in [2.75, 3.05) is 6.54 Å². The van der Waals surface area contributed by atoms with Crippen molar-refractivity contribution in [2.24, 2.45) is 4.99 Å². The molecule has 0 spiro atoms. The van der Waals surface area contributed by atoms with Crippen LogP contribution in [0.3, 0.4) is 0 Å². The number of aliphatic imine (C=N–C) groups is 1. The molecule has 0 bridgehead atoms. The van der Waals surface area contributed by atoms with Crippen LogP contribution in [0.4, 0.5) is 0 Å². The first kappa shape index (κ1) is 10.6. The molecule has 1 rings (SSSR count). The standard InChI is InChI=1S/C3H5N.2C2H6/c1-2-4-3-1;2*1-2/h2H,1,3H2;2*1-2H3. The maximum atomic E-state index is 3.79. The Morgan fingerprint density at radius 2 is 1.25 bits per heavy atom. The molecule has 0 aromatic carbocycles. The predicted molar refractivity (Wildman–Crippen MR) is 40.7 cm³/mol. The van der Waals surface area contributed by atoms with E-state index in [9.17, 15) is 0 Å². The lowest BCUT2D eigenvalue weighted by Crippen LogP contribution is -1.91. The van der Waals surface area contributed by atoms with Gasteiger partial charge in [-0.15, -0.1) is 0 Å². The average Bonchev–Trinajstić information content (AvgIpc) is 1.72. The molecule has 1 aliphatic rings. The van der Waals surface area contributed by atoms with Gasteiger partial charge in [0.2, 0.25) is 0 Å². The Kier molecular flexibility index (Phi) is 21.1. The van der Waals surface area contributed by atoms with Gasteiger partial charge in [0.05, 0.1) is 0 Å². The number of hydrogen-bond donors (Lipinski definition) is 0. The van der Waals surface area contributed by atoms with Crippen LogP contribution in [0.15, 0.2) is 4.99 Å². The molecule has 1 aliphatic heterocycles. The highest BCUT2D eigenvalue weighted by atomic mass is 14.7. The van der Waals surface area contributed by atoms with Crippen LogP contribution in [0.25, 0.3) is 0 Å². The third-order valence-electron chi connectivity index (χ3n) is 0.516. The molecular weight excluding hydrogens is 98.1 g/mol. The number of nitrogens with zero attached hydrogens (tertiary/aromatic N) is 1. The van der Waals surface area contributed by atoms with Crippen molar-refractivity contribution in [3.63, 3.8) is 0 Å². The Labute approximate surface area is 52.8 Å². The highest BCUT2D eigenvalue weighted by molar-refractivity contribution is 5.62. The van der Waals surface area contributed by atoms with E-state index < -0.39 is 0 Å². The zero-order valence-corrected chi connectivity index (χ0v) is 6.44. The van der Waals surface area contributed by atoms with Crippen LogP contribution >= 0.6 is 0 Å². The molecule has 0 saturated carbocycles. The molecule has 0 atom stereocenters. The third kappa shape index (κ3) is 9.18. The maximum absolute atomic E-state index is 3.79. The summed E-state index contributed by atoms with van der Waals surface area (Å²) in [7, 11) is 0. The monoisotopic (exact) mass is 115 g/mol. The average molecular weight is 115 g/mol. The number of rotatable bonds is 0. The van der Waals surface area contributed by atoms with Crippen LogP contribution in [-0.4, -0.2) is 12.8 Å². The fraction of sp³-hybridized carbons (Fsp3) is 0.857. The fourth-order valence-corrected chi connectivity index (χ4v) is 0.129. The molecule has 0 aliphatic carbocycles. The smallest absolute Gasteiger partial charge is 0.0434 e. The topological polar surface area (TPSA) is 12.4 Å². The second-order valence-corrected chi connectivity index (χ2v) is 0.877. The van der Waals surface area contributed by atoms with E-state index in [1.54, 1.807) is 0 Å². The van der Waals surface area contributed by atoms with Crippen molar-refractivity contribution < 1.29 is 0 Å². The summed E-state index contributed by atoms with van der Waals surface area (Å²) in [5.41, 5.74) is 0. The molecular formula is C7H17N. The van der Waals surface area contributed by atoms with Gasteiger partial charge in [-0.05, 0) is 0 Å². The highest BCUT2D eigenvalue weighted by Gasteiger charge is 1.82. The first-order valence-electron chi connectivity index (χ1n) is 3.48. The van der Waals surface area contributed by atoms with Crippen molar-refractivity contribution in [1.29, 1.82) is 0 Å². The lowest BCUT2D eigenvalue weighted by Gasteiger charge is -1.92. The van der Waals surface area contributed by atoms with Gasteiger partial charge >= 0.3 is 0 Å². The quantitative estimate of drug-likeness (QED) is 0.460. The molecule has 0 unspecified atom stereocenters. The molecule has 0 fully saturated rings. The largest absolute Gasteiger partial charge is 0.297 e. The first-order chi connectivity index (χ1) is 4.00. The van der Waals surface area contributed by atoms with Crippen LogP contribution in [0.1, 0.15) is 34.1 Å². The lowest BCUT2D eigenvalue weighted by atomic mass is 10.4. The van der Waals surface area contributed by atoms with E-state index in [1.807, 2.05) is 33.9 Å². The molecule has 0 amide bonds. The van der Waals surface area contributed by atoms with Gasteiger partial charge in [0.1, 0.15) is 0 Å². The van der Waals surface area contributed by atoms with Gasteiger partial charge in [0.15, 0.2) is 0 Å². The molecule has 8 heavy (non-hydrogen) atoms. The van der Waals surface area contributed by atoms with Crippen molar-refractivity contribution in [2.45, 2.75) is 34.1 Å². The summed E-state index contributed by atoms with van der Waals surface area (Å²) in [4.78, 5) is 3.79. The minimum Gasteiger partial charge on any atom is -0.297 e. The van der Waals surface area contributed by atoms with Crippen molar-refractivity contribution in [1.82, 2.24) is 0 Å². The summed E-state index contributed by atoms with van der Waals surface area (Å²) in [5, 5.41) is 0. The summed E-state index contributed by atoms with van der Waals surface area (Å²) < 4.78 is 0. The minimum absolute atomic E-state index is 1.07. The van der Waals surface area contributed by atoms with Crippen molar-refractivity contribution in [3.8, 4) is 0 Å². The van der Waals surface area contributed by atoms with Crippen LogP contribution in [0.2, 0.25) is 0 Å². The summed E-state index contributed by atoms with van der Waals surface area (Å²) in [6.45, 7) is 9.07. The van der Waals surface area contributed by atoms with Gasteiger partial charge in [-0.25, -0.2) is 0 Å². The molecule has 1 nitrogen and oxygen atoms in total. The normalized spacial score (nSPS) is 11.5. The zero-order chi connectivity index (χ0) is 6.83. The Hall–Kier alpha value is -0.330. The zero-order valence-electron chi connectivity index (χ0n) is 6.44. The Balaban J connectivity index is 0. The highest BCUT2D eigenvalue weighted by Crippen LogP contribution is 1.84. The van der Waals surface area contributed by atoms with Gasteiger partial charge in [-0.3, -0.25) is 4.99 Å². The van der Waals surface area contributed by atoms with Crippen molar-refractivity contribution in [3.05, 3.63) is 0 Å². The fourth-order valence-electron chi connectivity index (χ4n) is 0.129. The number of hydrogen-bond acceptors (Lipinski definition) is 1. The van der Waals surface area contributed by atoms with Gasteiger partial charge in [0, 0.05) is 19.2 Å². The van der Waals surface area contributed by atoms with Gasteiger partial charge < -0.3 is 0 Å². The summed E-state index contributed by atoms with van der Waals surface area (Å²) in [6, 6.07) is 0. The van der Waals surface area contributed by atoms with E-state index in [0.29, 0.717) is 0 Å². The molecule has 50 valence electrons. The van der Waals surface area contributed by atoms with E-state index in [4.69, 9.17) is 0 Å². The second kappa shape index (κ2) is 15.9. The minimum atomic E-state index is 1.07. The molecule has 0 aromatic rings. The SMILES string of the molecule is C1=NCC1.CC.CC. The van der Waals surface area contributed by atoms with Gasteiger partial charge in [-0.2, -0.15) is 0 Å². The predicted octanol–water partition coefficient (Wildman–Crippen LogP) is 2.51. The van der Waals surface area contributed by atoms with E-state index >= 15 is 0 Å².